The van der Waals surface area contributed by atoms with E-state index in [1.165, 1.54) is 30.3 Å². The average molecular weight is 564 g/mol. The third kappa shape index (κ3) is 7.45. The van der Waals surface area contributed by atoms with Crippen molar-refractivity contribution in [1.29, 1.82) is 0 Å². The number of nitrogens with one attached hydrogen (secondary N) is 2. The number of benzene rings is 3. The fourth-order valence-electron chi connectivity index (χ4n) is 4.60. The van der Waals surface area contributed by atoms with Crippen molar-refractivity contribution >= 4 is 23.8 Å². The predicted octanol–water partition coefficient (Wildman–Crippen LogP) is 3.79. The van der Waals surface area contributed by atoms with Crippen LogP contribution >= 0.6 is 0 Å². The van der Waals surface area contributed by atoms with E-state index in [9.17, 15) is 19.2 Å². The number of fused-ring (bicyclic) bond motifs is 4. The first-order valence-corrected chi connectivity index (χ1v) is 13.6. The zero-order valence-electron chi connectivity index (χ0n) is 22.7. The fraction of sp³-hybridized carbons (Fsp3) is 0.182. The van der Waals surface area contributed by atoms with Gasteiger partial charge in [0.25, 0.3) is 11.8 Å². The summed E-state index contributed by atoms with van der Waals surface area (Å²) < 4.78 is 11.1. The Morgan fingerprint density at radius 2 is 1.00 bits per heavy atom. The molecule has 0 saturated heterocycles. The summed E-state index contributed by atoms with van der Waals surface area (Å²) in [5, 5.41) is 5.77. The van der Waals surface area contributed by atoms with Crippen LogP contribution in [-0.2, 0) is 22.3 Å². The summed E-state index contributed by atoms with van der Waals surface area (Å²) in [7, 11) is 0. The lowest BCUT2D eigenvalue weighted by Gasteiger charge is -2.20. The van der Waals surface area contributed by atoms with Gasteiger partial charge < -0.3 is 20.1 Å². The minimum atomic E-state index is -0.646. The number of esters is 2. The molecule has 0 aliphatic carbocycles. The summed E-state index contributed by atoms with van der Waals surface area (Å²) in [5.41, 5.74) is 2.25. The minimum absolute atomic E-state index is 0.0342. The van der Waals surface area contributed by atoms with Gasteiger partial charge in [-0.2, -0.15) is 0 Å². The zero-order valence-corrected chi connectivity index (χ0v) is 22.7. The van der Waals surface area contributed by atoms with Crippen LogP contribution in [0.1, 0.15) is 52.8 Å². The average Bonchev–Trinajstić information content (AvgIpc) is 3.02. The van der Waals surface area contributed by atoms with E-state index in [1.807, 2.05) is 60.7 Å². The topological polar surface area (TPSA) is 124 Å². The largest absolute Gasteiger partial charge is 0.460 e. The van der Waals surface area contributed by atoms with E-state index in [2.05, 4.69) is 15.6 Å². The van der Waals surface area contributed by atoms with Crippen LogP contribution in [0.4, 0.5) is 0 Å². The smallest absolute Gasteiger partial charge is 0.338 e. The number of carbonyl (C=O) groups excluding carboxylic acids is 4. The Labute approximate surface area is 242 Å². The highest BCUT2D eigenvalue weighted by Crippen LogP contribution is 2.13. The van der Waals surface area contributed by atoms with Crippen LogP contribution in [0.3, 0.4) is 0 Å². The molecular weight excluding hydrogens is 534 g/mol. The molecule has 1 aliphatic rings. The summed E-state index contributed by atoms with van der Waals surface area (Å²) in [6.45, 7) is -0.259. The molecule has 3 aromatic carbocycles. The van der Waals surface area contributed by atoms with E-state index in [-0.39, 0.29) is 35.7 Å². The summed E-state index contributed by atoms with van der Waals surface area (Å²) in [5.74, 6) is -2.32. The van der Waals surface area contributed by atoms with Gasteiger partial charge in [-0.25, -0.2) is 14.6 Å². The van der Waals surface area contributed by atoms with E-state index >= 15 is 0 Å². The summed E-state index contributed by atoms with van der Waals surface area (Å²) in [4.78, 5) is 56.7. The van der Waals surface area contributed by atoms with Gasteiger partial charge in [-0.05, 0) is 54.3 Å². The molecule has 212 valence electrons. The number of pyridine rings is 1. The number of cyclic esters (lactones) is 2. The molecule has 0 radical (unpaired) electrons. The van der Waals surface area contributed by atoms with Crippen LogP contribution in [0.2, 0.25) is 0 Å². The van der Waals surface area contributed by atoms with Crippen LogP contribution < -0.4 is 10.6 Å². The second-order valence-electron chi connectivity index (χ2n) is 9.91. The molecule has 4 aromatic rings. The van der Waals surface area contributed by atoms with Crippen molar-refractivity contribution in [1.82, 2.24) is 15.6 Å². The van der Waals surface area contributed by atoms with E-state index in [0.717, 1.165) is 11.1 Å². The number of hydrogen-bond acceptors (Lipinski definition) is 7. The SMILES string of the molecule is O=C1OCC(Cc2ccccc2)NC(=O)c2cccc(n2)C(=O)NC(Cc2ccccc2)COC(=O)c2cccc1c2. The number of rotatable bonds is 4. The summed E-state index contributed by atoms with van der Waals surface area (Å²) in [6.07, 6.45) is 0.765. The van der Waals surface area contributed by atoms with Gasteiger partial charge in [-0.1, -0.05) is 72.8 Å². The second kappa shape index (κ2) is 13.4. The lowest BCUT2D eigenvalue weighted by Crippen LogP contribution is -2.42. The molecule has 5 rings (SSSR count). The van der Waals surface area contributed by atoms with Crippen molar-refractivity contribution in [2.24, 2.45) is 0 Å². The van der Waals surface area contributed by atoms with Gasteiger partial charge in [0.2, 0.25) is 0 Å². The highest BCUT2D eigenvalue weighted by molar-refractivity contribution is 5.97. The molecule has 9 nitrogen and oxygen atoms in total. The molecule has 0 fully saturated rings. The van der Waals surface area contributed by atoms with Crippen molar-refractivity contribution in [3.05, 3.63) is 137 Å². The molecule has 2 unspecified atom stereocenters. The number of aromatic nitrogens is 1. The number of ether oxygens (including phenoxy) is 2. The number of nitrogens with zero attached hydrogens (tertiary/aromatic N) is 1. The molecule has 2 heterocycles. The second-order valence-corrected chi connectivity index (χ2v) is 9.91. The van der Waals surface area contributed by atoms with Crippen LogP contribution in [0.15, 0.2) is 103 Å². The highest BCUT2D eigenvalue weighted by atomic mass is 16.5. The van der Waals surface area contributed by atoms with Crippen LogP contribution in [0.5, 0.6) is 0 Å². The van der Waals surface area contributed by atoms with Crippen LogP contribution in [0.25, 0.3) is 0 Å². The number of amides is 2. The Morgan fingerprint density at radius 1 is 0.571 bits per heavy atom. The molecule has 2 amide bonds. The normalized spacial score (nSPS) is 18.0. The third-order valence-corrected chi connectivity index (χ3v) is 6.70. The highest BCUT2D eigenvalue weighted by Gasteiger charge is 2.23. The van der Waals surface area contributed by atoms with E-state index in [4.69, 9.17) is 9.47 Å². The first-order valence-electron chi connectivity index (χ1n) is 13.6. The van der Waals surface area contributed by atoms with Gasteiger partial charge in [-0.3, -0.25) is 9.59 Å². The molecule has 1 aromatic heterocycles. The van der Waals surface area contributed by atoms with E-state index in [0.29, 0.717) is 12.8 Å². The molecule has 0 saturated carbocycles. The van der Waals surface area contributed by atoms with Gasteiger partial charge in [-0.15, -0.1) is 0 Å². The number of hydrogen-bond donors (Lipinski definition) is 2. The Morgan fingerprint density at radius 3 is 1.45 bits per heavy atom. The minimum Gasteiger partial charge on any atom is -0.460 e. The van der Waals surface area contributed by atoms with Crippen molar-refractivity contribution in [2.45, 2.75) is 24.9 Å². The Balaban J connectivity index is 1.45. The third-order valence-electron chi connectivity index (χ3n) is 6.70. The van der Waals surface area contributed by atoms with Gasteiger partial charge in [0, 0.05) is 0 Å². The van der Waals surface area contributed by atoms with Crippen molar-refractivity contribution in [2.75, 3.05) is 13.2 Å². The summed E-state index contributed by atoms with van der Waals surface area (Å²) >= 11 is 0. The van der Waals surface area contributed by atoms with Crippen molar-refractivity contribution in [3.8, 4) is 0 Å². The monoisotopic (exact) mass is 563 g/mol. The molecular formula is C33H29N3O6. The van der Waals surface area contributed by atoms with Crippen molar-refractivity contribution < 1.29 is 28.7 Å². The maximum Gasteiger partial charge on any atom is 0.338 e. The maximum absolute atomic E-state index is 13.2. The van der Waals surface area contributed by atoms with Crippen molar-refractivity contribution in [3.63, 3.8) is 0 Å². The maximum atomic E-state index is 13.2. The molecule has 2 N–H and O–H groups in total. The lowest BCUT2D eigenvalue weighted by molar-refractivity contribution is 0.0450. The van der Waals surface area contributed by atoms with E-state index < -0.39 is 35.8 Å². The van der Waals surface area contributed by atoms with Gasteiger partial charge >= 0.3 is 11.9 Å². The lowest BCUT2D eigenvalue weighted by atomic mass is 10.1. The Kier molecular flexibility index (Phi) is 8.98. The Hall–Kier alpha value is -5.31. The molecule has 1 aliphatic heterocycles. The first-order chi connectivity index (χ1) is 20.4. The van der Waals surface area contributed by atoms with Gasteiger partial charge in [0.1, 0.15) is 24.6 Å². The standard InChI is InChI=1S/C33H29N3O6/c37-30-28-15-8-16-29(36-28)31(38)35-27(18-23-11-5-2-6-12-23)21-42-33(40)25-14-7-13-24(19-25)32(39)41-20-26(34-30)17-22-9-3-1-4-10-22/h1-16,19,26-27H,17-18,20-21H2,(H,34,37)(H,35,38). The Bertz CT molecular complexity index is 1470. The van der Waals surface area contributed by atoms with Crippen LogP contribution in [0, 0.1) is 0 Å². The fourth-order valence-corrected chi connectivity index (χ4v) is 4.60. The van der Waals surface area contributed by atoms with Gasteiger partial charge in [0.15, 0.2) is 0 Å². The quantitative estimate of drug-likeness (QED) is 0.362. The first kappa shape index (κ1) is 28.2. The predicted molar refractivity (Wildman–Crippen MR) is 154 cm³/mol. The molecule has 2 atom stereocenters. The van der Waals surface area contributed by atoms with Gasteiger partial charge in [0.05, 0.1) is 23.2 Å². The molecule has 9 heteroatoms. The molecule has 0 spiro atoms. The van der Waals surface area contributed by atoms with E-state index in [1.54, 1.807) is 12.1 Å². The molecule has 4 bridgehead atoms. The zero-order chi connectivity index (χ0) is 29.3. The number of carbonyl (C=O) groups is 4. The summed E-state index contributed by atoms with van der Waals surface area (Å²) in [6, 6.07) is 28.3. The molecule has 42 heavy (non-hydrogen) atoms. The van der Waals surface area contributed by atoms with Crippen LogP contribution in [-0.4, -0.2) is 54.0 Å².